The molecular weight excluding hydrogens is 266 g/mol. The molecule has 16 heavy (non-hydrogen) atoms. The van der Waals surface area contributed by atoms with Crippen LogP contribution >= 0.6 is 15.9 Å². The summed E-state index contributed by atoms with van der Waals surface area (Å²) in [5.41, 5.74) is 8.23. The van der Waals surface area contributed by atoms with E-state index >= 15 is 0 Å². The zero-order valence-electron chi connectivity index (χ0n) is 10.4. The minimum Gasteiger partial charge on any atom is -0.495 e. The zero-order valence-corrected chi connectivity index (χ0v) is 12.0. The summed E-state index contributed by atoms with van der Waals surface area (Å²) in [7, 11) is 1.69. The molecule has 1 aromatic carbocycles. The second kappa shape index (κ2) is 5.19. The van der Waals surface area contributed by atoms with Gasteiger partial charge in [0.2, 0.25) is 0 Å². The fraction of sp³-hybridized carbons (Fsp3) is 0.538. The smallest absolute Gasteiger partial charge is 0.136 e. The maximum absolute atomic E-state index is 5.62. The van der Waals surface area contributed by atoms with Crippen molar-refractivity contribution in [1.82, 2.24) is 0 Å². The van der Waals surface area contributed by atoms with Gasteiger partial charge in [-0.15, -0.1) is 0 Å². The number of hydrogen-bond donors (Lipinski definition) is 1. The number of ether oxygens (including phenoxy) is 1. The van der Waals surface area contributed by atoms with E-state index in [2.05, 4.69) is 48.8 Å². The molecule has 0 saturated heterocycles. The van der Waals surface area contributed by atoms with Gasteiger partial charge in [0.15, 0.2) is 0 Å². The van der Waals surface area contributed by atoms with Crippen LogP contribution in [0.15, 0.2) is 16.6 Å². The molecular formula is C13H20BrNO. The number of methoxy groups -OCH3 is 1. The van der Waals surface area contributed by atoms with E-state index in [1.54, 1.807) is 7.11 Å². The molecule has 0 unspecified atom stereocenters. The van der Waals surface area contributed by atoms with E-state index < -0.39 is 0 Å². The number of rotatable bonds is 3. The van der Waals surface area contributed by atoms with Crippen LogP contribution in [0, 0.1) is 0 Å². The molecule has 0 atom stereocenters. The van der Waals surface area contributed by atoms with Crippen molar-refractivity contribution in [3.05, 3.63) is 27.7 Å². The Labute approximate surface area is 106 Å². The van der Waals surface area contributed by atoms with E-state index in [4.69, 9.17) is 10.5 Å². The SMILES string of the molecule is COc1c(Br)cc(C(C)(C)C)cc1CCN. The molecule has 2 N–H and O–H groups in total. The standard InChI is InChI=1S/C13H20BrNO/c1-13(2,3)10-7-9(5-6-15)12(16-4)11(14)8-10/h7-8H,5-6,15H2,1-4H3. The Kier molecular flexibility index (Phi) is 4.39. The molecule has 90 valence electrons. The quantitative estimate of drug-likeness (QED) is 0.925. The number of benzene rings is 1. The van der Waals surface area contributed by atoms with Crippen LogP contribution < -0.4 is 10.5 Å². The van der Waals surface area contributed by atoms with Gasteiger partial charge < -0.3 is 10.5 Å². The number of hydrogen-bond acceptors (Lipinski definition) is 2. The zero-order chi connectivity index (χ0) is 12.3. The summed E-state index contributed by atoms with van der Waals surface area (Å²) in [5.74, 6) is 0.901. The highest BCUT2D eigenvalue weighted by Crippen LogP contribution is 2.35. The molecule has 0 saturated carbocycles. The predicted molar refractivity (Wildman–Crippen MR) is 72.2 cm³/mol. The fourth-order valence-electron chi connectivity index (χ4n) is 1.65. The average Bonchev–Trinajstić information content (AvgIpc) is 2.16. The molecule has 0 amide bonds. The molecule has 0 aliphatic heterocycles. The third-order valence-electron chi connectivity index (χ3n) is 2.60. The lowest BCUT2D eigenvalue weighted by Crippen LogP contribution is -2.13. The van der Waals surface area contributed by atoms with Crippen LogP contribution in [0.25, 0.3) is 0 Å². The van der Waals surface area contributed by atoms with Crippen molar-refractivity contribution in [3.8, 4) is 5.75 Å². The Morgan fingerprint density at radius 3 is 2.38 bits per heavy atom. The van der Waals surface area contributed by atoms with Gasteiger partial charge in [0.25, 0.3) is 0 Å². The Balaban J connectivity index is 3.28. The van der Waals surface area contributed by atoms with Gasteiger partial charge in [-0.25, -0.2) is 0 Å². The van der Waals surface area contributed by atoms with Gasteiger partial charge in [0, 0.05) is 0 Å². The topological polar surface area (TPSA) is 35.2 Å². The predicted octanol–water partition coefficient (Wildman–Crippen LogP) is 3.26. The molecule has 0 fully saturated rings. The first-order chi connectivity index (χ1) is 7.40. The van der Waals surface area contributed by atoms with Crippen LogP contribution in [-0.2, 0) is 11.8 Å². The maximum atomic E-state index is 5.62. The molecule has 1 rings (SSSR count). The van der Waals surface area contributed by atoms with Crippen molar-refractivity contribution in [2.75, 3.05) is 13.7 Å². The van der Waals surface area contributed by atoms with Crippen molar-refractivity contribution >= 4 is 15.9 Å². The summed E-state index contributed by atoms with van der Waals surface area (Å²) in [6.45, 7) is 7.24. The summed E-state index contributed by atoms with van der Waals surface area (Å²) in [4.78, 5) is 0. The van der Waals surface area contributed by atoms with Crippen molar-refractivity contribution in [2.45, 2.75) is 32.6 Å². The normalized spacial score (nSPS) is 11.6. The third-order valence-corrected chi connectivity index (χ3v) is 3.19. The minimum atomic E-state index is 0.137. The molecule has 0 aromatic heterocycles. The van der Waals surface area contributed by atoms with Gasteiger partial charge in [-0.1, -0.05) is 26.8 Å². The van der Waals surface area contributed by atoms with Gasteiger partial charge in [-0.05, 0) is 51.5 Å². The first-order valence-electron chi connectivity index (χ1n) is 5.47. The highest BCUT2D eigenvalue weighted by molar-refractivity contribution is 9.10. The summed E-state index contributed by atoms with van der Waals surface area (Å²) < 4.78 is 6.40. The minimum absolute atomic E-state index is 0.137. The monoisotopic (exact) mass is 285 g/mol. The second-order valence-corrected chi connectivity index (χ2v) is 5.79. The van der Waals surface area contributed by atoms with E-state index in [1.165, 1.54) is 11.1 Å². The summed E-state index contributed by atoms with van der Waals surface area (Å²) in [5, 5.41) is 0. The van der Waals surface area contributed by atoms with Crippen molar-refractivity contribution < 1.29 is 4.74 Å². The van der Waals surface area contributed by atoms with Crippen LogP contribution in [0.3, 0.4) is 0 Å². The van der Waals surface area contributed by atoms with Crippen molar-refractivity contribution in [1.29, 1.82) is 0 Å². The second-order valence-electron chi connectivity index (χ2n) is 4.94. The van der Waals surface area contributed by atoms with E-state index in [9.17, 15) is 0 Å². The largest absolute Gasteiger partial charge is 0.495 e. The lowest BCUT2D eigenvalue weighted by molar-refractivity contribution is 0.406. The van der Waals surface area contributed by atoms with E-state index in [0.29, 0.717) is 6.54 Å². The fourth-order valence-corrected chi connectivity index (χ4v) is 2.32. The first kappa shape index (κ1) is 13.5. The molecule has 0 spiro atoms. The number of halogens is 1. The highest BCUT2D eigenvalue weighted by atomic mass is 79.9. The summed E-state index contributed by atoms with van der Waals surface area (Å²) >= 11 is 3.55. The lowest BCUT2D eigenvalue weighted by atomic mass is 9.85. The molecule has 1 aromatic rings. The van der Waals surface area contributed by atoms with Crippen LogP contribution in [0.1, 0.15) is 31.9 Å². The van der Waals surface area contributed by atoms with Crippen molar-refractivity contribution in [2.24, 2.45) is 5.73 Å². The maximum Gasteiger partial charge on any atom is 0.136 e. The number of nitrogens with two attached hydrogens (primary N) is 1. The molecule has 0 bridgehead atoms. The Morgan fingerprint density at radius 2 is 1.94 bits per heavy atom. The third kappa shape index (κ3) is 2.98. The van der Waals surface area contributed by atoms with Crippen LogP contribution in [0.5, 0.6) is 5.75 Å². The summed E-state index contributed by atoms with van der Waals surface area (Å²) in [6.07, 6.45) is 0.839. The Bertz CT molecular complexity index is 369. The molecule has 0 radical (unpaired) electrons. The molecule has 0 heterocycles. The Hall–Kier alpha value is -0.540. The molecule has 0 aliphatic rings. The van der Waals surface area contributed by atoms with Gasteiger partial charge in [0.1, 0.15) is 5.75 Å². The molecule has 3 heteroatoms. The van der Waals surface area contributed by atoms with E-state index in [-0.39, 0.29) is 5.41 Å². The Morgan fingerprint density at radius 1 is 1.31 bits per heavy atom. The van der Waals surface area contributed by atoms with Gasteiger partial charge in [-0.3, -0.25) is 0 Å². The van der Waals surface area contributed by atoms with Crippen LogP contribution in [0.4, 0.5) is 0 Å². The van der Waals surface area contributed by atoms with Gasteiger partial charge in [-0.2, -0.15) is 0 Å². The average molecular weight is 286 g/mol. The lowest BCUT2D eigenvalue weighted by Gasteiger charge is -2.22. The molecule has 0 aliphatic carbocycles. The van der Waals surface area contributed by atoms with Gasteiger partial charge >= 0.3 is 0 Å². The van der Waals surface area contributed by atoms with Gasteiger partial charge in [0.05, 0.1) is 11.6 Å². The van der Waals surface area contributed by atoms with Crippen LogP contribution in [-0.4, -0.2) is 13.7 Å². The van der Waals surface area contributed by atoms with Crippen LogP contribution in [0.2, 0.25) is 0 Å². The van der Waals surface area contributed by atoms with E-state index in [1.807, 2.05) is 0 Å². The molecule has 2 nitrogen and oxygen atoms in total. The summed E-state index contributed by atoms with van der Waals surface area (Å²) in [6, 6.07) is 4.31. The van der Waals surface area contributed by atoms with E-state index in [0.717, 1.165) is 16.6 Å². The highest BCUT2D eigenvalue weighted by Gasteiger charge is 2.18. The first-order valence-corrected chi connectivity index (χ1v) is 6.26. The van der Waals surface area contributed by atoms with Crippen molar-refractivity contribution in [3.63, 3.8) is 0 Å².